The molecule has 2 atom stereocenters. The van der Waals surface area contributed by atoms with E-state index >= 15 is 0 Å². The fourth-order valence-corrected chi connectivity index (χ4v) is 4.42. The average Bonchev–Trinajstić information content (AvgIpc) is 2.37. The molecular formula is C15H21NOS. The lowest BCUT2D eigenvalue weighted by molar-refractivity contribution is 0.330. The predicted octanol–water partition coefficient (Wildman–Crippen LogP) is 3.17. The first-order valence-corrected chi connectivity index (χ1v) is 7.70. The van der Waals surface area contributed by atoms with E-state index in [-0.39, 0.29) is 5.54 Å². The number of nitrogens with one attached hydrogen (secondary N) is 1. The minimum absolute atomic E-state index is 0.226. The van der Waals surface area contributed by atoms with Crippen LogP contribution in [0.5, 0.6) is 5.75 Å². The Labute approximate surface area is 113 Å². The summed E-state index contributed by atoms with van der Waals surface area (Å²) in [6.45, 7) is 4.59. The van der Waals surface area contributed by atoms with Crippen LogP contribution in [0.1, 0.15) is 37.4 Å². The molecule has 0 spiro atoms. The maximum atomic E-state index is 5.38. The monoisotopic (exact) mass is 263 g/mol. The van der Waals surface area contributed by atoms with Crippen LogP contribution in [0.25, 0.3) is 0 Å². The third-order valence-corrected chi connectivity index (χ3v) is 5.79. The second-order valence-electron chi connectivity index (χ2n) is 5.96. The molecule has 0 amide bonds. The summed E-state index contributed by atoms with van der Waals surface area (Å²) < 4.78 is 5.38. The van der Waals surface area contributed by atoms with E-state index in [4.69, 9.17) is 4.74 Å². The maximum Gasteiger partial charge on any atom is 0.119 e. The summed E-state index contributed by atoms with van der Waals surface area (Å²) in [5.41, 5.74) is 3.16. The van der Waals surface area contributed by atoms with Crippen LogP contribution >= 0.6 is 11.8 Å². The van der Waals surface area contributed by atoms with E-state index in [1.165, 1.54) is 29.7 Å². The summed E-state index contributed by atoms with van der Waals surface area (Å²) in [7, 11) is 1.75. The quantitative estimate of drug-likeness (QED) is 0.841. The highest BCUT2D eigenvalue weighted by Crippen LogP contribution is 2.43. The van der Waals surface area contributed by atoms with Gasteiger partial charge in [0.1, 0.15) is 5.75 Å². The SMILES string of the molecule is COc1ccc2c(c1)C1NC(C)(C)CSC1CC2. The predicted molar refractivity (Wildman–Crippen MR) is 77.5 cm³/mol. The molecular weight excluding hydrogens is 242 g/mol. The summed E-state index contributed by atoms with van der Waals surface area (Å²) in [6, 6.07) is 7.03. The molecule has 18 heavy (non-hydrogen) atoms. The van der Waals surface area contributed by atoms with Gasteiger partial charge in [0.2, 0.25) is 0 Å². The zero-order valence-corrected chi connectivity index (χ0v) is 12.1. The van der Waals surface area contributed by atoms with E-state index < -0.39 is 0 Å². The number of ether oxygens (including phenoxy) is 1. The maximum absolute atomic E-state index is 5.38. The van der Waals surface area contributed by atoms with Crippen LogP contribution in [0.15, 0.2) is 18.2 Å². The molecule has 2 nitrogen and oxygen atoms in total. The highest BCUT2D eigenvalue weighted by molar-refractivity contribution is 8.00. The first kappa shape index (κ1) is 12.4. The van der Waals surface area contributed by atoms with Gasteiger partial charge in [0.25, 0.3) is 0 Å². The van der Waals surface area contributed by atoms with Crippen LogP contribution in [0.2, 0.25) is 0 Å². The van der Waals surface area contributed by atoms with E-state index in [0.717, 1.165) is 11.0 Å². The summed E-state index contributed by atoms with van der Waals surface area (Å²) in [5.74, 6) is 2.18. The van der Waals surface area contributed by atoms with Crippen molar-refractivity contribution >= 4 is 11.8 Å². The van der Waals surface area contributed by atoms with Crippen molar-refractivity contribution < 1.29 is 4.74 Å². The number of thioether (sulfide) groups is 1. The van der Waals surface area contributed by atoms with Crippen molar-refractivity contribution in [2.24, 2.45) is 0 Å². The molecule has 1 fully saturated rings. The van der Waals surface area contributed by atoms with Crippen molar-refractivity contribution in [3.05, 3.63) is 29.3 Å². The van der Waals surface area contributed by atoms with Crippen molar-refractivity contribution in [2.75, 3.05) is 12.9 Å². The third kappa shape index (κ3) is 2.14. The summed E-state index contributed by atoms with van der Waals surface area (Å²) in [5, 5.41) is 4.55. The largest absolute Gasteiger partial charge is 0.497 e. The molecule has 1 aliphatic heterocycles. The Morgan fingerprint density at radius 2 is 2.22 bits per heavy atom. The number of hydrogen-bond donors (Lipinski definition) is 1. The van der Waals surface area contributed by atoms with E-state index in [1.54, 1.807) is 7.11 Å². The standard InChI is InChI=1S/C15H21NOS/c1-15(2)9-18-13-7-5-10-4-6-11(17-3)8-12(10)14(13)16-15/h4,6,8,13-14,16H,5,7,9H2,1-3H3. The van der Waals surface area contributed by atoms with Crippen molar-refractivity contribution in [3.8, 4) is 5.75 Å². The van der Waals surface area contributed by atoms with E-state index in [0.29, 0.717) is 6.04 Å². The van der Waals surface area contributed by atoms with Gasteiger partial charge >= 0.3 is 0 Å². The van der Waals surface area contributed by atoms with Crippen LogP contribution in [-0.2, 0) is 6.42 Å². The highest BCUT2D eigenvalue weighted by atomic mass is 32.2. The molecule has 1 aromatic carbocycles. The van der Waals surface area contributed by atoms with Gasteiger partial charge in [0, 0.05) is 22.6 Å². The lowest BCUT2D eigenvalue weighted by Crippen LogP contribution is -2.52. The lowest BCUT2D eigenvalue weighted by Gasteiger charge is -2.45. The molecule has 98 valence electrons. The first-order valence-electron chi connectivity index (χ1n) is 6.65. The van der Waals surface area contributed by atoms with Gasteiger partial charge in [-0.1, -0.05) is 6.07 Å². The van der Waals surface area contributed by atoms with Crippen LogP contribution < -0.4 is 10.1 Å². The smallest absolute Gasteiger partial charge is 0.119 e. The van der Waals surface area contributed by atoms with Gasteiger partial charge in [-0.15, -0.1) is 0 Å². The van der Waals surface area contributed by atoms with E-state index in [2.05, 4.69) is 49.1 Å². The third-order valence-electron chi connectivity index (χ3n) is 3.96. The molecule has 1 aromatic rings. The Kier molecular flexibility index (Phi) is 3.07. The Hall–Kier alpha value is -0.670. The normalized spacial score (nSPS) is 29.3. The average molecular weight is 263 g/mol. The number of rotatable bonds is 1. The number of fused-ring (bicyclic) bond motifs is 3. The summed E-state index contributed by atoms with van der Waals surface area (Å²) in [6.07, 6.45) is 2.49. The molecule has 3 rings (SSSR count). The van der Waals surface area contributed by atoms with E-state index in [1.807, 2.05) is 0 Å². The molecule has 1 aliphatic carbocycles. The zero-order valence-electron chi connectivity index (χ0n) is 11.3. The molecule has 1 N–H and O–H groups in total. The summed E-state index contributed by atoms with van der Waals surface area (Å²) >= 11 is 2.13. The van der Waals surface area contributed by atoms with Crippen molar-refractivity contribution in [3.63, 3.8) is 0 Å². The van der Waals surface area contributed by atoms with Crippen LogP contribution in [0, 0.1) is 0 Å². The molecule has 0 aromatic heterocycles. The Balaban J connectivity index is 1.98. The minimum Gasteiger partial charge on any atom is -0.497 e. The number of benzene rings is 1. The van der Waals surface area contributed by atoms with Crippen LogP contribution in [0.3, 0.4) is 0 Å². The number of methoxy groups -OCH3 is 1. The molecule has 0 radical (unpaired) electrons. The molecule has 0 saturated carbocycles. The second kappa shape index (κ2) is 4.46. The molecule has 2 unspecified atom stereocenters. The Morgan fingerprint density at radius 1 is 1.39 bits per heavy atom. The van der Waals surface area contributed by atoms with Gasteiger partial charge in [-0.2, -0.15) is 11.8 Å². The van der Waals surface area contributed by atoms with Crippen molar-refractivity contribution in [1.82, 2.24) is 5.32 Å². The van der Waals surface area contributed by atoms with Gasteiger partial charge in [-0.25, -0.2) is 0 Å². The Bertz CT molecular complexity index is 458. The van der Waals surface area contributed by atoms with Crippen LogP contribution in [0.4, 0.5) is 0 Å². The van der Waals surface area contributed by atoms with Gasteiger partial charge in [0.05, 0.1) is 7.11 Å². The Morgan fingerprint density at radius 3 is 3.00 bits per heavy atom. The molecule has 2 aliphatic rings. The zero-order chi connectivity index (χ0) is 12.8. The lowest BCUT2D eigenvalue weighted by atomic mass is 9.85. The summed E-state index contributed by atoms with van der Waals surface area (Å²) in [4.78, 5) is 0. The number of aryl methyl sites for hydroxylation is 1. The highest BCUT2D eigenvalue weighted by Gasteiger charge is 2.38. The number of hydrogen-bond acceptors (Lipinski definition) is 3. The van der Waals surface area contributed by atoms with Crippen molar-refractivity contribution in [2.45, 2.75) is 43.5 Å². The minimum atomic E-state index is 0.226. The van der Waals surface area contributed by atoms with Gasteiger partial charge in [0.15, 0.2) is 0 Å². The first-order chi connectivity index (χ1) is 8.59. The van der Waals surface area contributed by atoms with Crippen molar-refractivity contribution in [1.29, 1.82) is 0 Å². The topological polar surface area (TPSA) is 21.3 Å². The van der Waals surface area contributed by atoms with E-state index in [9.17, 15) is 0 Å². The fourth-order valence-electron chi connectivity index (χ4n) is 3.01. The molecule has 1 saturated heterocycles. The second-order valence-corrected chi connectivity index (χ2v) is 7.19. The molecule has 0 bridgehead atoms. The van der Waals surface area contributed by atoms with Gasteiger partial charge < -0.3 is 10.1 Å². The fraction of sp³-hybridized carbons (Fsp3) is 0.600. The molecule has 1 heterocycles. The molecule has 3 heteroatoms. The van der Waals surface area contributed by atoms with Gasteiger partial charge in [-0.3, -0.25) is 0 Å². The van der Waals surface area contributed by atoms with Crippen LogP contribution in [-0.4, -0.2) is 23.7 Å². The van der Waals surface area contributed by atoms with Gasteiger partial charge in [-0.05, 0) is 49.9 Å².